The molecule has 1 saturated carbocycles. The fourth-order valence-electron chi connectivity index (χ4n) is 3.79. The van der Waals surface area contributed by atoms with Crippen LogP contribution in [0.15, 0.2) is 0 Å². The number of carbonyl (C=O) groups excluding carboxylic acids is 2. The van der Waals surface area contributed by atoms with Crippen molar-refractivity contribution < 1.29 is 19.5 Å². The SMILES string of the molecule is CC(C(=O)O)C1CN(C2CC(=O)N(C3CCCC3)C2=O)C1. The monoisotopic (exact) mass is 294 g/mol. The highest BCUT2D eigenvalue weighted by Crippen LogP contribution is 2.33. The Bertz CT molecular complexity index is 466. The second kappa shape index (κ2) is 5.40. The highest BCUT2D eigenvalue weighted by Gasteiger charge is 2.49. The molecule has 3 aliphatic rings. The highest BCUT2D eigenvalue weighted by molar-refractivity contribution is 6.06. The molecule has 2 amide bonds. The summed E-state index contributed by atoms with van der Waals surface area (Å²) in [7, 11) is 0. The fraction of sp³-hybridized carbons (Fsp3) is 0.800. The summed E-state index contributed by atoms with van der Waals surface area (Å²) in [6, 6.07) is -0.250. The van der Waals surface area contributed by atoms with Crippen molar-refractivity contribution in [1.29, 1.82) is 0 Å². The van der Waals surface area contributed by atoms with Crippen LogP contribution in [0.2, 0.25) is 0 Å². The molecule has 116 valence electrons. The minimum Gasteiger partial charge on any atom is -0.481 e. The van der Waals surface area contributed by atoms with E-state index < -0.39 is 5.97 Å². The first kappa shape index (κ1) is 14.5. The average molecular weight is 294 g/mol. The smallest absolute Gasteiger partial charge is 0.306 e. The first-order valence-electron chi connectivity index (χ1n) is 7.81. The molecule has 2 saturated heterocycles. The summed E-state index contributed by atoms with van der Waals surface area (Å²) in [6.07, 6.45) is 4.32. The van der Waals surface area contributed by atoms with Crippen molar-refractivity contribution >= 4 is 17.8 Å². The summed E-state index contributed by atoms with van der Waals surface area (Å²) in [6.45, 7) is 2.92. The Kier molecular flexibility index (Phi) is 3.73. The van der Waals surface area contributed by atoms with Crippen molar-refractivity contribution in [1.82, 2.24) is 9.80 Å². The molecule has 3 fully saturated rings. The molecule has 2 heterocycles. The van der Waals surface area contributed by atoms with Gasteiger partial charge in [-0.3, -0.25) is 24.2 Å². The number of likely N-dealkylation sites (tertiary alicyclic amines) is 2. The van der Waals surface area contributed by atoms with Gasteiger partial charge in [-0.05, 0) is 18.8 Å². The summed E-state index contributed by atoms with van der Waals surface area (Å²) in [5.74, 6) is -1.20. The Labute approximate surface area is 124 Å². The van der Waals surface area contributed by atoms with Crippen LogP contribution in [-0.2, 0) is 14.4 Å². The zero-order valence-corrected chi connectivity index (χ0v) is 12.3. The topological polar surface area (TPSA) is 77.9 Å². The van der Waals surface area contributed by atoms with Gasteiger partial charge in [0.15, 0.2) is 0 Å². The van der Waals surface area contributed by atoms with Gasteiger partial charge in [-0.1, -0.05) is 19.8 Å². The number of carboxylic acids is 1. The first-order chi connectivity index (χ1) is 9.99. The third kappa shape index (κ3) is 2.46. The van der Waals surface area contributed by atoms with Gasteiger partial charge in [0.25, 0.3) is 0 Å². The second-order valence-corrected chi connectivity index (χ2v) is 6.60. The Morgan fingerprint density at radius 1 is 1.24 bits per heavy atom. The molecule has 2 aliphatic heterocycles. The molecule has 1 aliphatic carbocycles. The van der Waals surface area contributed by atoms with E-state index in [4.69, 9.17) is 5.11 Å². The number of imide groups is 1. The van der Waals surface area contributed by atoms with Crippen molar-refractivity contribution in [2.75, 3.05) is 13.1 Å². The van der Waals surface area contributed by atoms with Crippen LogP contribution in [0.25, 0.3) is 0 Å². The van der Waals surface area contributed by atoms with E-state index in [-0.39, 0.29) is 42.2 Å². The molecular weight excluding hydrogens is 272 g/mol. The van der Waals surface area contributed by atoms with E-state index in [0.717, 1.165) is 25.7 Å². The predicted molar refractivity (Wildman–Crippen MR) is 74.4 cm³/mol. The van der Waals surface area contributed by atoms with Crippen LogP contribution in [0, 0.1) is 11.8 Å². The van der Waals surface area contributed by atoms with E-state index in [1.54, 1.807) is 6.92 Å². The largest absolute Gasteiger partial charge is 0.481 e. The van der Waals surface area contributed by atoms with Crippen molar-refractivity contribution in [2.24, 2.45) is 11.8 Å². The van der Waals surface area contributed by atoms with Gasteiger partial charge in [0.1, 0.15) is 0 Å². The molecule has 6 heteroatoms. The van der Waals surface area contributed by atoms with E-state index in [2.05, 4.69) is 0 Å². The molecule has 2 unspecified atom stereocenters. The summed E-state index contributed by atoms with van der Waals surface area (Å²) < 4.78 is 0. The lowest BCUT2D eigenvalue weighted by molar-refractivity contribution is -0.147. The van der Waals surface area contributed by atoms with Crippen LogP contribution in [0.5, 0.6) is 0 Å². The quantitative estimate of drug-likeness (QED) is 0.773. The molecule has 1 N–H and O–H groups in total. The zero-order chi connectivity index (χ0) is 15.1. The molecule has 2 atom stereocenters. The maximum atomic E-state index is 12.5. The lowest BCUT2D eigenvalue weighted by atomic mass is 9.85. The average Bonchev–Trinajstić information content (AvgIpc) is 2.97. The minimum absolute atomic E-state index is 0.0494. The predicted octanol–water partition coefficient (Wildman–Crippen LogP) is 0.709. The minimum atomic E-state index is -0.791. The van der Waals surface area contributed by atoms with Gasteiger partial charge >= 0.3 is 5.97 Å². The number of aliphatic carboxylic acids is 1. The van der Waals surface area contributed by atoms with Gasteiger partial charge in [0.05, 0.1) is 18.4 Å². The van der Waals surface area contributed by atoms with Gasteiger partial charge in [0, 0.05) is 19.1 Å². The molecule has 21 heavy (non-hydrogen) atoms. The molecule has 0 aromatic rings. The van der Waals surface area contributed by atoms with Crippen molar-refractivity contribution in [3.63, 3.8) is 0 Å². The Morgan fingerprint density at radius 3 is 2.43 bits per heavy atom. The molecule has 0 spiro atoms. The Balaban J connectivity index is 1.60. The number of carboxylic acid groups (broad SMARTS) is 1. The van der Waals surface area contributed by atoms with Gasteiger partial charge in [-0.15, -0.1) is 0 Å². The molecule has 6 nitrogen and oxygen atoms in total. The number of rotatable bonds is 4. The van der Waals surface area contributed by atoms with E-state index >= 15 is 0 Å². The molecule has 3 rings (SSSR count). The lowest BCUT2D eigenvalue weighted by Gasteiger charge is -2.43. The summed E-state index contributed by atoms with van der Waals surface area (Å²) in [5.41, 5.74) is 0. The number of hydrogen-bond donors (Lipinski definition) is 1. The molecule has 0 aromatic heterocycles. The first-order valence-corrected chi connectivity index (χ1v) is 7.81. The summed E-state index contributed by atoms with van der Waals surface area (Å²) >= 11 is 0. The number of nitrogens with zero attached hydrogens (tertiary/aromatic N) is 2. The van der Waals surface area contributed by atoms with E-state index in [9.17, 15) is 14.4 Å². The molecule has 0 radical (unpaired) electrons. The fourth-order valence-corrected chi connectivity index (χ4v) is 3.79. The molecule has 0 aromatic carbocycles. The lowest BCUT2D eigenvalue weighted by Crippen LogP contribution is -2.57. The van der Waals surface area contributed by atoms with Gasteiger partial charge in [-0.2, -0.15) is 0 Å². The third-order valence-corrected chi connectivity index (χ3v) is 5.32. The summed E-state index contributed by atoms with van der Waals surface area (Å²) in [4.78, 5) is 39.0. The molecule has 0 bridgehead atoms. The van der Waals surface area contributed by atoms with Crippen molar-refractivity contribution in [3.05, 3.63) is 0 Å². The second-order valence-electron chi connectivity index (χ2n) is 6.60. The van der Waals surface area contributed by atoms with Crippen LogP contribution >= 0.6 is 0 Å². The normalized spacial score (nSPS) is 30.0. The zero-order valence-electron chi connectivity index (χ0n) is 12.3. The standard InChI is InChI=1S/C15H22N2O4/c1-9(15(20)21)10-7-16(8-10)12-6-13(18)17(14(12)19)11-4-2-3-5-11/h9-12H,2-8H2,1H3,(H,20,21). The maximum Gasteiger partial charge on any atom is 0.306 e. The van der Waals surface area contributed by atoms with Crippen molar-refractivity contribution in [3.8, 4) is 0 Å². The van der Waals surface area contributed by atoms with Crippen molar-refractivity contribution in [2.45, 2.75) is 51.1 Å². The van der Waals surface area contributed by atoms with E-state index in [1.807, 2.05) is 4.90 Å². The Morgan fingerprint density at radius 2 is 1.86 bits per heavy atom. The highest BCUT2D eigenvalue weighted by atomic mass is 16.4. The number of carbonyl (C=O) groups is 3. The van der Waals surface area contributed by atoms with Crippen LogP contribution in [0.1, 0.15) is 39.0 Å². The van der Waals surface area contributed by atoms with Gasteiger partial charge in [-0.25, -0.2) is 0 Å². The van der Waals surface area contributed by atoms with E-state index in [0.29, 0.717) is 13.1 Å². The van der Waals surface area contributed by atoms with Gasteiger partial charge < -0.3 is 5.11 Å². The molecular formula is C15H22N2O4. The van der Waals surface area contributed by atoms with Crippen LogP contribution in [-0.4, -0.2) is 57.9 Å². The van der Waals surface area contributed by atoms with Crippen LogP contribution < -0.4 is 0 Å². The number of amides is 2. The third-order valence-electron chi connectivity index (χ3n) is 5.32. The van der Waals surface area contributed by atoms with Crippen LogP contribution in [0.3, 0.4) is 0 Å². The van der Waals surface area contributed by atoms with E-state index in [1.165, 1.54) is 4.90 Å². The van der Waals surface area contributed by atoms with Crippen LogP contribution in [0.4, 0.5) is 0 Å². The maximum absolute atomic E-state index is 12.5. The number of hydrogen-bond acceptors (Lipinski definition) is 4. The summed E-state index contributed by atoms with van der Waals surface area (Å²) in [5, 5.41) is 9.00. The Hall–Kier alpha value is -1.43. The van der Waals surface area contributed by atoms with Gasteiger partial charge in [0.2, 0.25) is 11.8 Å².